The number of anilines is 2. The van der Waals surface area contributed by atoms with Crippen LogP contribution in [0.25, 0.3) is 0 Å². The smallest absolute Gasteiger partial charge is 0.311 e. The van der Waals surface area contributed by atoms with Crippen LogP contribution in [0, 0.1) is 0 Å². The molecule has 0 bridgehead atoms. The van der Waals surface area contributed by atoms with Gasteiger partial charge in [-0.1, -0.05) is 12.1 Å². The summed E-state index contributed by atoms with van der Waals surface area (Å²) in [5.41, 5.74) is 5.49. The van der Waals surface area contributed by atoms with E-state index in [2.05, 4.69) is 15.5 Å². The van der Waals surface area contributed by atoms with E-state index in [1.165, 1.54) is 11.3 Å². The molecule has 0 unspecified atom stereocenters. The van der Waals surface area contributed by atoms with E-state index in [0.717, 1.165) is 11.3 Å². The van der Waals surface area contributed by atoms with E-state index in [4.69, 9.17) is 9.84 Å². The highest BCUT2D eigenvalue weighted by atomic mass is 32.1. The number of carbonyl (C=O) groups excluding carboxylic acids is 1. The molecular weight excluding hydrogens is 340 g/mol. The average Bonchev–Trinajstić information content (AvgIpc) is 3.03. The van der Waals surface area contributed by atoms with Gasteiger partial charge in [0.15, 0.2) is 0 Å². The Morgan fingerprint density at radius 3 is 2.88 bits per heavy atom. The van der Waals surface area contributed by atoms with Gasteiger partial charge in [0.1, 0.15) is 0 Å². The molecule has 0 aliphatic carbocycles. The normalized spacial score (nSPS) is 10.8. The minimum Gasteiger partial charge on any atom is -0.466 e. The summed E-state index contributed by atoms with van der Waals surface area (Å²) in [5.74, 6) is -0.283. The van der Waals surface area contributed by atoms with Gasteiger partial charge in [0.05, 0.1) is 31.5 Å². The molecule has 1 heterocycles. The maximum atomic E-state index is 11.4. The average molecular weight is 362 g/mol. The predicted molar refractivity (Wildman–Crippen MR) is 100 cm³/mol. The molecular formula is C17H22N4O3S. The van der Waals surface area contributed by atoms with Crippen molar-refractivity contribution in [1.82, 2.24) is 4.98 Å². The van der Waals surface area contributed by atoms with Crippen LogP contribution in [-0.4, -0.2) is 49.1 Å². The highest BCUT2D eigenvalue weighted by molar-refractivity contribution is 7.13. The Morgan fingerprint density at radius 2 is 2.20 bits per heavy atom. The molecule has 2 rings (SSSR count). The van der Waals surface area contributed by atoms with Gasteiger partial charge in [-0.2, -0.15) is 5.10 Å². The molecule has 0 radical (unpaired) electrons. The fourth-order valence-corrected chi connectivity index (χ4v) is 2.71. The van der Waals surface area contributed by atoms with Gasteiger partial charge in [-0.3, -0.25) is 10.2 Å². The second kappa shape index (κ2) is 9.75. The van der Waals surface area contributed by atoms with Gasteiger partial charge in [0.2, 0.25) is 5.13 Å². The van der Waals surface area contributed by atoms with Crippen LogP contribution in [0.4, 0.5) is 10.8 Å². The van der Waals surface area contributed by atoms with Crippen molar-refractivity contribution in [1.29, 1.82) is 0 Å². The van der Waals surface area contributed by atoms with Crippen LogP contribution in [-0.2, 0) is 16.0 Å². The van der Waals surface area contributed by atoms with Crippen LogP contribution in [0.1, 0.15) is 18.2 Å². The molecule has 0 aliphatic heterocycles. The van der Waals surface area contributed by atoms with Crippen molar-refractivity contribution in [2.45, 2.75) is 13.3 Å². The fourth-order valence-electron chi connectivity index (χ4n) is 2.06. The van der Waals surface area contributed by atoms with E-state index in [0.29, 0.717) is 24.0 Å². The third kappa shape index (κ3) is 6.17. The molecule has 8 heteroatoms. The molecule has 25 heavy (non-hydrogen) atoms. The minimum atomic E-state index is -0.283. The number of hydrogen-bond acceptors (Lipinski definition) is 8. The van der Waals surface area contributed by atoms with Gasteiger partial charge < -0.3 is 14.7 Å². The number of aliphatic hydroxyl groups is 1. The maximum absolute atomic E-state index is 11.4. The predicted octanol–water partition coefficient (Wildman–Crippen LogP) is 2.12. The van der Waals surface area contributed by atoms with Crippen LogP contribution < -0.4 is 10.3 Å². The van der Waals surface area contributed by atoms with Crippen LogP contribution in [0.5, 0.6) is 0 Å². The first-order chi connectivity index (χ1) is 12.1. The molecule has 0 spiro atoms. The second-order valence-electron chi connectivity index (χ2n) is 5.23. The number of benzene rings is 1. The van der Waals surface area contributed by atoms with E-state index in [-0.39, 0.29) is 19.0 Å². The number of hydrogen-bond donors (Lipinski definition) is 2. The van der Waals surface area contributed by atoms with Gasteiger partial charge >= 0.3 is 5.97 Å². The van der Waals surface area contributed by atoms with Crippen molar-refractivity contribution in [2.75, 3.05) is 37.1 Å². The molecule has 0 atom stereocenters. The first-order valence-electron chi connectivity index (χ1n) is 7.93. The zero-order chi connectivity index (χ0) is 18.1. The van der Waals surface area contributed by atoms with Gasteiger partial charge in [0, 0.05) is 24.7 Å². The Kier molecular flexibility index (Phi) is 7.36. The quantitative estimate of drug-likeness (QED) is 0.404. The molecule has 134 valence electrons. The summed E-state index contributed by atoms with van der Waals surface area (Å²) in [6, 6.07) is 7.83. The van der Waals surface area contributed by atoms with Gasteiger partial charge in [-0.15, -0.1) is 11.3 Å². The molecule has 0 saturated carbocycles. The number of aromatic nitrogens is 1. The Hall–Kier alpha value is -2.45. The standard InChI is InChI=1S/C17H22N4O3S/c1-3-24-16(23)10-14-12-25-17(19-14)20-18-11-13-4-6-15(7-5-13)21(2)8-9-22/h4-7,11-12,22H,3,8-10H2,1-2H3,(H,19,20). The van der Waals surface area contributed by atoms with Crippen molar-refractivity contribution in [3.63, 3.8) is 0 Å². The zero-order valence-electron chi connectivity index (χ0n) is 14.3. The van der Waals surface area contributed by atoms with Gasteiger partial charge in [0.25, 0.3) is 0 Å². The second-order valence-corrected chi connectivity index (χ2v) is 6.09. The van der Waals surface area contributed by atoms with Gasteiger partial charge in [-0.25, -0.2) is 4.98 Å². The Balaban J connectivity index is 1.86. The molecule has 1 aromatic carbocycles. The first kappa shape index (κ1) is 18.9. The third-order valence-corrected chi connectivity index (χ3v) is 4.12. The monoisotopic (exact) mass is 362 g/mol. The van der Waals surface area contributed by atoms with Crippen LogP contribution in [0.15, 0.2) is 34.7 Å². The number of carbonyl (C=O) groups is 1. The van der Waals surface area contributed by atoms with Crippen molar-refractivity contribution in [3.05, 3.63) is 40.9 Å². The summed E-state index contributed by atoms with van der Waals surface area (Å²) in [4.78, 5) is 17.7. The Morgan fingerprint density at radius 1 is 1.44 bits per heavy atom. The van der Waals surface area contributed by atoms with E-state index >= 15 is 0 Å². The lowest BCUT2D eigenvalue weighted by Gasteiger charge is -2.17. The topological polar surface area (TPSA) is 87.0 Å². The number of nitrogens with one attached hydrogen (secondary N) is 1. The van der Waals surface area contributed by atoms with Crippen LogP contribution in [0.3, 0.4) is 0 Å². The highest BCUT2D eigenvalue weighted by Gasteiger charge is 2.07. The lowest BCUT2D eigenvalue weighted by atomic mass is 10.2. The number of hydrazone groups is 1. The molecule has 0 fully saturated rings. The van der Waals surface area contributed by atoms with Crippen molar-refractivity contribution in [3.8, 4) is 0 Å². The molecule has 2 aromatic rings. The van der Waals surface area contributed by atoms with E-state index < -0.39 is 0 Å². The Bertz CT molecular complexity index is 700. The number of rotatable bonds is 9. The zero-order valence-corrected chi connectivity index (χ0v) is 15.1. The summed E-state index contributed by atoms with van der Waals surface area (Å²) in [5, 5.41) is 15.5. The highest BCUT2D eigenvalue weighted by Crippen LogP contribution is 2.16. The molecule has 2 N–H and O–H groups in total. The lowest BCUT2D eigenvalue weighted by molar-refractivity contribution is -0.142. The number of ether oxygens (including phenoxy) is 1. The number of nitrogens with zero attached hydrogens (tertiary/aromatic N) is 3. The minimum absolute atomic E-state index is 0.121. The maximum Gasteiger partial charge on any atom is 0.311 e. The van der Waals surface area contributed by atoms with E-state index in [1.54, 1.807) is 18.5 Å². The van der Waals surface area contributed by atoms with E-state index in [9.17, 15) is 4.79 Å². The number of esters is 1. The number of aliphatic hydroxyl groups excluding tert-OH is 1. The molecule has 0 amide bonds. The summed E-state index contributed by atoms with van der Waals surface area (Å²) >= 11 is 1.38. The molecule has 0 aliphatic rings. The van der Waals surface area contributed by atoms with Gasteiger partial charge in [-0.05, 0) is 24.6 Å². The summed E-state index contributed by atoms with van der Waals surface area (Å²) < 4.78 is 4.89. The van der Waals surface area contributed by atoms with Crippen molar-refractivity contribution in [2.24, 2.45) is 5.10 Å². The fraction of sp³-hybridized carbons (Fsp3) is 0.353. The van der Waals surface area contributed by atoms with Crippen molar-refractivity contribution >= 4 is 34.3 Å². The number of likely N-dealkylation sites (N-methyl/N-ethyl adjacent to an activating group) is 1. The van der Waals surface area contributed by atoms with Crippen LogP contribution >= 0.6 is 11.3 Å². The van der Waals surface area contributed by atoms with E-state index in [1.807, 2.05) is 36.2 Å². The Labute approximate surface area is 151 Å². The third-order valence-electron chi connectivity index (χ3n) is 3.33. The van der Waals surface area contributed by atoms with Crippen LogP contribution in [0.2, 0.25) is 0 Å². The summed E-state index contributed by atoms with van der Waals surface area (Å²) in [6.45, 7) is 2.85. The van der Waals surface area contributed by atoms with Crippen molar-refractivity contribution < 1.29 is 14.6 Å². The lowest BCUT2D eigenvalue weighted by Crippen LogP contribution is -2.20. The molecule has 7 nitrogen and oxygen atoms in total. The SMILES string of the molecule is CCOC(=O)Cc1csc(NN=Cc2ccc(N(C)CCO)cc2)n1. The molecule has 0 saturated heterocycles. The molecule has 1 aromatic heterocycles. The number of thiazole rings is 1. The summed E-state index contributed by atoms with van der Waals surface area (Å²) in [7, 11) is 1.93. The first-order valence-corrected chi connectivity index (χ1v) is 8.81. The summed E-state index contributed by atoms with van der Waals surface area (Å²) in [6.07, 6.45) is 1.86. The largest absolute Gasteiger partial charge is 0.466 e.